The van der Waals surface area contributed by atoms with Gasteiger partial charge in [0.1, 0.15) is 0 Å². The Morgan fingerprint density at radius 3 is 2.17 bits per heavy atom. The Hall–Kier alpha value is -1.30. The summed E-state index contributed by atoms with van der Waals surface area (Å²) in [5.74, 6) is -0.181. The van der Waals surface area contributed by atoms with Crippen LogP contribution in [-0.2, 0) is 0 Å². The van der Waals surface area contributed by atoms with Crippen molar-refractivity contribution in [1.82, 2.24) is 0 Å². The molecule has 0 atom stereocenters. The predicted octanol–water partition coefficient (Wildman–Crippen LogP) is -1.65. The summed E-state index contributed by atoms with van der Waals surface area (Å²) in [6.07, 6.45) is 0. The summed E-state index contributed by atoms with van der Waals surface area (Å²) in [7, 11) is 0. The number of hydrogen-bond donors (Lipinski definition) is 4. The summed E-state index contributed by atoms with van der Waals surface area (Å²) in [5.41, 5.74) is 14.8. The Morgan fingerprint density at radius 2 is 1.83 bits per heavy atom. The summed E-state index contributed by atoms with van der Waals surface area (Å²) in [4.78, 5) is 7.36. The number of rotatable bonds is 2. The van der Waals surface area contributed by atoms with Crippen molar-refractivity contribution >= 4 is 11.9 Å². The van der Waals surface area contributed by atoms with Crippen LogP contribution in [0.4, 0.5) is 0 Å². The topological polar surface area (TPSA) is 123 Å². The molecule has 6 heteroatoms. The third-order valence-electron chi connectivity index (χ3n) is 1.05. The third-order valence-corrected chi connectivity index (χ3v) is 1.05. The molecule has 0 saturated carbocycles. The van der Waals surface area contributed by atoms with Crippen LogP contribution in [0, 0.1) is 0 Å². The molecular formula is C6H15N5O. The zero-order valence-corrected chi connectivity index (χ0v) is 7.28. The molecule has 70 valence electrons. The first-order chi connectivity index (χ1) is 5.37. The van der Waals surface area contributed by atoms with Crippen molar-refractivity contribution in [2.45, 2.75) is 19.4 Å². The minimum absolute atomic E-state index is 0.0333. The van der Waals surface area contributed by atoms with Gasteiger partial charge in [-0.15, -0.1) is 0 Å². The number of nitrogens with zero attached hydrogens (tertiary/aromatic N) is 2. The van der Waals surface area contributed by atoms with E-state index in [0.717, 1.165) is 0 Å². The van der Waals surface area contributed by atoms with E-state index in [0.29, 0.717) is 0 Å². The maximum Gasteiger partial charge on any atom is 0.219 e. The quantitative estimate of drug-likeness (QED) is 0.295. The van der Waals surface area contributed by atoms with Crippen molar-refractivity contribution < 1.29 is 5.11 Å². The number of aliphatic imine (C=N–C) groups is 2. The van der Waals surface area contributed by atoms with Crippen molar-refractivity contribution in [3.05, 3.63) is 0 Å². The van der Waals surface area contributed by atoms with Gasteiger partial charge in [0.15, 0.2) is 5.96 Å². The fourth-order valence-corrected chi connectivity index (χ4v) is 0.503. The highest BCUT2D eigenvalue weighted by Gasteiger charge is 2.14. The smallest absolute Gasteiger partial charge is 0.219 e. The van der Waals surface area contributed by atoms with Gasteiger partial charge >= 0.3 is 0 Å². The Morgan fingerprint density at radius 1 is 1.33 bits per heavy atom. The molecule has 12 heavy (non-hydrogen) atoms. The standard InChI is InChI=1S/C6H15N5O/c1-6(2,3-12)11-5(9)10-4(7)8/h12H,3H2,1-2H3,(H6,7,8,9,10,11). The lowest BCUT2D eigenvalue weighted by atomic mass is 10.1. The highest BCUT2D eigenvalue weighted by atomic mass is 16.3. The van der Waals surface area contributed by atoms with Gasteiger partial charge in [-0.3, -0.25) is 0 Å². The zero-order valence-electron chi connectivity index (χ0n) is 7.28. The van der Waals surface area contributed by atoms with Crippen LogP contribution < -0.4 is 17.2 Å². The molecular weight excluding hydrogens is 158 g/mol. The summed E-state index contributed by atoms with van der Waals surface area (Å²) in [6.45, 7) is 3.30. The second kappa shape index (κ2) is 3.91. The van der Waals surface area contributed by atoms with Gasteiger partial charge in [-0.25, -0.2) is 4.99 Å². The maximum atomic E-state index is 8.80. The Labute approximate surface area is 71.2 Å². The molecule has 0 fully saturated rings. The van der Waals surface area contributed by atoms with Crippen molar-refractivity contribution in [3.63, 3.8) is 0 Å². The highest BCUT2D eigenvalue weighted by molar-refractivity contribution is 5.92. The normalized spacial score (nSPS) is 12.8. The van der Waals surface area contributed by atoms with Gasteiger partial charge in [0.05, 0.1) is 12.1 Å². The van der Waals surface area contributed by atoms with Gasteiger partial charge in [-0.1, -0.05) is 0 Å². The molecule has 0 aromatic heterocycles. The molecule has 0 heterocycles. The van der Waals surface area contributed by atoms with E-state index >= 15 is 0 Å². The molecule has 6 nitrogen and oxygen atoms in total. The van der Waals surface area contributed by atoms with E-state index in [2.05, 4.69) is 9.98 Å². The van der Waals surface area contributed by atoms with Gasteiger partial charge < -0.3 is 22.3 Å². The molecule has 0 amide bonds. The first-order valence-corrected chi connectivity index (χ1v) is 3.43. The number of nitrogens with two attached hydrogens (primary N) is 3. The van der Waals surface area contributed by atoms with Gasteiger partial charge in [0.2, 0.25) is 5.96 Å². The fourth-order valence-electron chi connectivity index (χ4n) is 0.503. The second-order valence-electron chi connectivity index (χ2n) is 2.98. The van der Waals surface area contributed by atoms with Crippen LogP contribution in [0.3, 0.4) is 0 Å². The van der Waals surface area contributed by atoms with Crippen LogP contribution in [0.25, 0.3) is 0 Å². The Bertz CT molecular complexity index is 204. The van der Waals surface area contributed by atoms with E-state index in [1.54, 1.807) is 13.8 Å². The zero-order chi connectivity index (χ0) is 9.78. The minimum atomic E-state index is -0.650. The lowest BCUT2D eigenvalue weighted by Gasteiger charge is -2.15. The average molecular weight is 173 g/mol. The van der Waals surface area contributed by atoms with Crippen LogP contribution in [0.2, 0.25) is 0 Å². The fraction of sp³-hybridized carbons (Fsp3) is 0.667. The summed E-state index contributed by atoms with van der Waals surface area (Å²) >= 11 is 0. The van der Waals surface area contributed by atoms with Crippen LogP contribution in [0.15, 0.2) is 9.98 Å². The largest absolute Gasteiger partial charge is 0.394 e. The van der Waals surface area contributed by atoms with Crippen LogP contribution in [0.5, 0.6) is 0 Å². The number of aliphatic hydroxyl groups is 1. The van der Waals surface area contributed by atoms with Crippen molar-refractivity contribution in [1.29, 1.82) is 0 Å². The number of hydrogen-bond acceptors (Lipinski definition) is 2. The molecule has 0 aliphatic rings. The summed E-state index contributed by atoms with van der Waals surface area (Å²) in [6, 6.07) is 0. The average Bonchev–Trinajstić information content (AvgIpc) is 1.84. The van der Waals surface area contributed by atoms with E-state index in [1.807, 2.05) is 0 Å². The maximum absolute atomic E-state index is 8.80. The highest BCUT2D eigenvalue weighted by Crippen LogP contribution is 2.06. The monoisotopic (exact) mass is 173 g/mol. The van der Waals surface area contributed by atoms with Gasteiger partial charge in [-0.2, -0.15) is 4.99 Å². The minimum Gasteiger partial charge on any atom is -0.394 e. The molecule has 0 radical (unpaired) electrons. The van der Waals surface area contributed by atoms with Crippen LogP contribution >= 0.6 is 0 Å². The van der Waals surface area contributed by atoms with Gasteiger partial charge in [0, 0.05) is 0 Å². The van der Waals surface area contributed by atoms with E-state index in [1.165, 1.54) is 0 Å². The predicted molar refractivity (Wildman–Crippen MR) is 48.6 cm³/mol. The van der Waals surface area contributed by atoms with E-state index in [-0.39, 0.29) is 18.5 Å². The van der Waals surface area contributed by atoms with Gasteiger partial charge in [0.25, 0.3) is 0 Å². The van der Waals surface area contributed by atoms with E-state index in [9.17, 15) is 0 Å². The van der Waals surface area contributed by atoms with Crippen molar-refractivity contribution in [2.75, 3.05) is 6.61 Å². The van der Waals surface area contributed by atoms with Gasteiger partial charge in [-0.05, 0) is 13.8 Å². The molecule has 0 aliphatic heterocycles. The third kappa shape index (κ3) is 4.51. The first-order valence-electron chi connectivity index (χ1n) is 3.43. The lowest BCUT2D eigenvalue weighted by molar-refractivity contribution is 0.222. The first kappa shape index (κ1) is 10.7. The molecule has 0 aliphatic carbocycles. The van der Waals surface area contributed by atoms with E-state index in [4.69, 9.17) is 22.3 Å². The molecule has 0 rings (SSSR count). The molecule has 0 unspecified atom stereocenters. The molecule has 7 N–H and O–H groups in total. The van der Waals surface area contributed by atoms with Crippen LogP contribution in [-0.4, -0.2) is 29.2 Å². The van der Waals surface area contributed by atoms with Crippen molar-refractivity contribution in [2.24, 2.45) is 27.2 Å². The van der Waals surface area contributed by atoms with Crippen molar-refractivity contribution in [3.8, 4) is 0 Å². The number of aliphatic hydroxyl groups excluding tert-OH is 1. The number of guanidine groups is 2. The molecule has 0 aromatic rings. The molecule has 0 saturated heterocycles. The SMILES string of the molecule is CC(C)(CO)N=C(N)N=C(N)N. The Balaban J connectivity index is 4.46. The van der Waals surface area contributed by atoms with Crippen LogP contribution in [0.1, 0.15) is 13.8 Å². The lowest BCUT2D eigenvalue weighted by Crippen LogP contribution is -2.30. The second-order valence-corrected chi connectivity index (χ2v) is 2.98. The molecule has 0 bridgehead atoms. The molecule has 0 spiro atoms. The van der Waals surface area contributed by atoms with E-state index < -0.39 is 5.54 Å². The Kier molecular flexibility index (Phi) is 3.49. The summed E-state index contributed by atoms with van der Waals surface area (Å²) in [5, 5.41) is 8.80. The summed E-state index contributed by atoms with van der Waals surface area (Å²) < 4.78 is 0. The molecule has 0 aromatic carbocycles.